The van der Waals surface area contributed by atoms with Crippen LogP contribution in [0.5, 0.6) is 0 Å². The Morgan fingerprint density at radius 3 is 2.31 bits per heavy atom. The van der Waals surface area contributed by atoms with E-state index in [2.05, 4.69) is 31.0 Å². The van der Waals surface area contributed by atoms with Crippen molar-refractivity contribution in [3.05, 3.63) is 0 Å². The van der Waals surface area contributed by atoms with Crippen molar-refractivity contribution in [3.63, 3.8) is 0 Å². The molecule has 0 aromatic rings. The Hall–Kier alpha value is -0.0800. The molecule has 2 heteroatoms. The van der Waals surface area contributed by atoms with E-state index in [-0.39, 0.29) is 0 Å². The molecule has 2 nitrogen and oxygen atoms in total. The van der Waals surface area contributed by atoms with Gasteiger partial charge < -0.3 is 10.2 Å². The lowest BCUT2D eigenvalue weighted by Gasteiger charge is -2.28. The minimum Gasteiger partial charge on any atom is -0.314 e. The summed E-state index contributed by atoms with van der Waals surface area (Å²) >= 11 is 0. The van der Waals surface area contributed by atoms with E-state index in [9.17, 15) is 0 Å². The van der Waals surface area contributed by atoms with Crippen LogP contribution in [0.1, 0.15) is 27.2 Å². The van der Waals surface area contributed by atoms with Crippen LogP contribution in [-0.4, -0.2) is 37.6 Å². The molecule has 13 heavy (non-hydrogen) atoms. The van der Waals surface area contributed by atoms with Gasteiger partial charge in [-0.25, -0.2) is 0 Å². The Bertz CT molecular complexity index is 128. The molecule has 0 radical (unpaired) electrons. The lowest BCUT2D eigenvalue weighted by Crippen LogP contribution is -2.44. The third kappa shape index (κ3) is 4.10. The van der Waals surface area contributed by atoms with Crippen LogP contribution in [0.15, 0.2) is 0 Å². The summed E-state index contributed by atoms with van der Waals surface area (Å²) in [6.45, 7) is 13.1. The molecule has 0 saturated carbocycles. The molecule has 1 fully saturated rings. The molecule has 1 rings (SSSR count). The van der Waals surface area contributed by atoms with Crippen molar-refractivity contribution in [2.75, 3.05) is 32.7 Å². The quantitative estimate of drug-likeness (QED) is 0.713. The maximum Gasteiger partial charge on any atom is 0.0107 e. The van der Waals surface area contributed by atoms with Gasteiger partial charge in [0.05, 0.1) is 0 Å². The predicted octanol–water partition coefficient (Wildman–Crippen LogP) is 1.57. The van der Waals surface area contributed by atoms with Crippen molar-refractivity contribution in [2.24, 2.45) is 11.8 Å². The fourth-order valence-electron chi connectivity index (χ4n) is 1.65. The molecule has 0 spiro atoms. The minimum atomic E-state index is 0.836. The van der Waals surface area contributed by atoms with Gasteiger partial charge in [0.25, 0.3) is 0 Å². The second-order valence-corrected chi connectivity index (χ2v) is 4.60. The lowest BCUT2D eigenvalue weighted by molar-refractivity contribution is 0.216. The number of nitrogens with one attached hydrogen (secondary N) is 1. The summed E-state index contributed by atoms with van der Waals surface area (Å²) in [6, 6.07) is 0. The number of hydrogen-bond donors (Lipinski definition) is 1. The number of piperazine rings is 1. The molecule has 1 unspecified atom stereocenters. The SMILES string of the molecule is CC(C)C(C)CCN1CCNCC1. The van der Waals surface area contributed by atoms with Gasteiger partial charge in [-0.05, 0) is 24.8 Å². The van der Waals surface area contributed by atoms with Crippen molar-refractivity contribution in [2.45, 2.75) is 27.2 Å². The number of hydrogen-bond acceptors (Lipinski definition) is 2. The summed E-state index contributed by atoms with van der Waals surface area (Å²) in [6.07, 6.45) is 1.36. The molecular weight excluding hydrogens is 160 g/mol. The molecule has 1 heterocycles. The van der Waals surface area contributed by atoms with E-state index >= 15 is 0 Å². The topological polar surface area (TPSA) is 15.3 Å². The zero-order valence-electron chi connectivity index (χ0n) is 9.34. The Balaban J connectivity index is 2.10. The Morgan fingerprint density at radius 1 is 1.15 bits per heavy atom. The monoisotopic (exact) mass is 184 g/mol. The molecule has 0 aromatic heterocycles. The van der Waals surface area contributed by atoms with E-state index in [1.807, 2.05) is 0 Å². The second kappa shape index (κ2) is 5.61. The minimum absolute atomic E-state index is 0.836. The third-order valence-corrected chi connectivity index (χ3v) is 3.25. The van der Waals surface area contributed by atoms with Crippen molar-refractivity contribution in [1.29, 1.82) is 0 Å². The highest BCUT2D eigenvalue weighted by atomic mass is 15.2. The van der Waals surface area contributed by atoms with Gasteiger partial charge in [0, 0.05) is 26.2 Å². The van der Waals surface area contributed by atoms with Gasteiger partial charge >= 0.3 is 0 Å². The van der Waals surface area contributed by atoms with E-state index < -0.39 is 0 Å². The standard InChI is InChI=1S/C11H24N2/c1-10(2)11(3)4-7-13-8-5-12-6-9-13/h10-12H,4-9H2,1-3H3. The fraction of sp³-hybridized carbons (Fsp3) is 1.00. The summed E-state index contributed by atoms with van der Waals surface area (Å²) in [7, 11) is 0. The van der Waals surface area contributed by atoms with Gasteiger partial charge in [0.1, 0.15) is 0 Å². The Kier molecular flexibility index (Phi) is 4.74. The van der Waals surface area contributed by atoms with E-state index in [0.717, 1.165) is 11.8 Å². The smallest absolute Gasteiger partial charge is 0.0107 e. The zero-order chi connectivity index (χ0) is 9.68. The van der Waals surface area contributed by atoms with Crippen LogP contribution in [-0.2, 0) is 0 Å². The largest absolute Gasteiger partial charge is 0.314 e. The maximum absolute atomic E-state index is 3.38. The lowest BCUT2D eigenvalue weighted by atomic mass is 9.94. The molecule has 1 aliphatic heterocycles. The summed E-state index contributed by atoms with van der Waals surface area (Å²) < 4.78 is 0. The molecule has 1 N–H and O–H groups in total. The predicted molar refractivity (Wildman–Crippen MR) is 57.9 cm³/mol. The first kappa shape index (κ1) is 11.0. The number of nitrogens with zero attached hydrogens (tertiary/aromatic N) is 1. The maximum atomic E-state index is 3.38. The van der Waals surface area contributed by atoms with Crippen LogP contribution in [0.4, 0.5) is 0 Å². The van der Waals surface area contributed by atoms with Crippen molar-refractivity contribution in [3.8, 4) is 0 Å². The van der Waals surface area contributed by atoms with Gasteiger partial charge in [-0.15, -0.1) is 0 Å². The first-order valence-corrected chi connectivity index (χ1v) is 5.63. The second-order valence-electron chi connectivity index (χ2n) is 4.60. The van der Waals surface area contributed by atoms with Gasteiger partial charge in [0.2, 0.25) is 0 Å². The van der Waals surface area contributed by atoms with Gasteiger partial charge in [-0.1, -0.05) is 20.8 Å². The van der Waals surface area contributed by atoms with E-state index in [1.54, 1.807) is 0 Å². The summed E-state index contributed by atoms with van der Waals surface area (Å²) in [5, 5.41) is 3.38. The van der Waals surface area contributed by atoms with Crippen molar-refractivity contribution >= 4 is 0 Å². The molecule has 0 bridgehead atoms. The van der Waals surface area contributed by atoms with E-state index in [4.69, 9.17) is 0 Å². The first-order valence-electron chi connectivity index (χ1n) is 5.63. The zero-order valence-corrected chi connectivity index (χ0v) is 9.34. The molecule has 1 atom stereocenters. The van der Waals surface area contributed by atoms with Crippen LogP contribution >= 0.6 is 0 Å². The van der Waals surface area contributed by atoms with E-state index in [1.165, 1.54) is 39.1 Å². The molecule has 78 valence electrons. The van der Waals surface area contributed by atoms with E-state index in [0.29, 0.717) is 0 Å². The summed E-state index contributed by atoms with van der Waals surface area (Å²) in [5.74, 6) is 1.71. The summed E-state index contributed by atoms with van der Waals surface area (Å²) in [4.78, 5) is 2.58. The Morgan fingerprint density at radius 2 is 1.77 bits per heavy atom. The summed E-state index contributed by atoms with van der Waals surface area (Å²) in [5.41, 5.74) is 0. The average molecular weight is 184 g/mol. The van der Waals surface area contributed by atoms with Gasteiger partial charge in [0.15, 0.2) is 0 Å². The van der Waals surface area contributed by atoms with Gasteiger partial charge in [-0.3, -0.25) is 0 Å². The highest BCUT2D eigenvalue weighted by molar-refractivity contribution is 4.69. The molecule has 0 aliphatic carbocycles. The molecule has 0 amide bonds. The molecule has 1 aliphatic rings. The van der Waals surface area contributed by atoms with Crippen molar-refractivity contribution in [1.82, 2.24) is 10.2 Å². The van der Waals surface area contributed by atoms with Crippen LogP contribution < -0.4 is 5.32 Å². The highest BCUT2D eigenvalue weighted by Gasteiger charge is 2.12. The fourth-order valence-corrected chi connectivity index (χ4v) is 1.65. The third-order valence-electron chi connectivity index (χ3n) is 3.25. The molecular formula is C11H24N2. The van der Waals surface area contributed by atoms with Crippen LogP contribution in [0, 0.1) is 11.8 Å². The highest BCUT2D eigenvalue weighted by Crippen LogP contribution is 2.14. The van der Waals surface area contributed by atoms with Crippen LogP contribution in [0.3, 0.4) is 0 Å². The number of rotatable bonds is 4. The Labute approximate surface area is 82.7 Å². The first-order chi connectivity index (χ1) is 6.20. The van der Waals surface area contributed by atoms with Crippen LogP contribution in [0.25, 0.3) is 0 Å². The normalized spacial score (nSPS) is 22.2. The van der Waals surface area contributed by atoms with Crippen molar-refractivity contribution < 1.29 is 0 Å². The molecule has 1 saturated heterocycles. The average Bonchev–Trinajstić information content (AvgIpc) is 2.15. The van der Waals surface area contributed by atoms with Gasteiger partial charge in [-0.2, -0.15) is 0 Å². The molecule has 0 aromatic carbocycles. The van der Waals surface area contributed by atoms with Crippen LogP contribution in [0.2, 0.25) is 0 Å².